The molecule has 0 unspecified atom stereocenters. The first-order chi connectivity index (χ1) is 25.8. The van der Waals surface area contributed by atoms with Crippen LogP contribution in [0.4, 0.5) is 0 Å². The molecule has 11 rings (SSSR count). The molecule has 4 heterocycles. The van der Waals surface area contributed by atoms with Crippen molar-refractivity contribution in [1.82, 2.24) is 24.1 Å². The van der Waals surface area contributed by atoms with Gasteiger partial charge in [-0.2, -0.15) is 0 Å². The van der Waals surface area contributed by atoms with Gasteiger partial charge in [0, 0.05) is 39.0 Å². The molecule has 242 valence electrons. The average molecular weight is 664 g/mol. The maximum absolute atomic E-state index is 5.26. The first-order valence-electron chi connectivity index (χ1n) is 17.5. The lowest BCUT2D eigenvalue weighted by atomic mass is 9.94. The minimum absolute atomic E-state index is 0.618. The third-order valence-corrected chi connectivity index (χ3v) is 10.4. The van der Waals surface area contributed by atoms with Crippen LogP contribution >= 0.6 is 0 Å². The molecule has 11 aromatic rings. The molecule has 5 nitrogen and oxygen atoms in total. The van der Waals surface area contributed by atoms with Gasteiger partial charge in [0.05, 0.1) is 27.6 Å². The van der Waals surface area contributed by atoms with Gasteiger partial charge < -0.3 is 4.57 Å². The second kappa shape index (κ2) is 11.2. The molecule has 0 amide bonds. The van der Waals surface area contributed by atoms with Gasteiger partial charge in [0.1, 0.15) is 11.2 Å². The molecule has 0 atom stereocenters. The Morgan fingerprint density at radius 2 is 1.06 bits per heavy atom. The first kappa shape index (κ1) is 28.7. The molecule has 0 aliphatic heterocycles. The molecular weight excluding hydrogens is 635 g/mol. The van der Waals surface area contributed by atoms with Gasteiger partial charge >= 0.3 is 0 Å². The molecule has 0 saturated heterocycles. The van der Waals surface area contributed by atoms with Crippen LogP contribution < -0.4 is 0 Å². The zero-order chi connectivity index (χ0) is 34.2. The minimum atomic E-state index is 0.618. The van der Waals surface area contributed by atoms with E-state index < -0.39 is 0 Å². The van der Waals surface area contributed by atoms with E-state index in [0.717, 1.165) is 55.3 Å². The molecule has 0 spiro atoms. The summed E-state index contributed by atoms with van der Waals surface area (Å²) in [6.45, 7) is 0. The average Bonchev–Trinajstić information content (AvgIpc) is 3.73. The van der Waals surface area contributed by atoms with E-state index in [2.05, 4.69) is 149 Å². The number of para-hydroxylation sites is 3. The Kier molecular flexibility index (Phi) is 6.18. The summed E-state index contributed by atoms with van der Waals surface area (Å²) in [6, 6.07) is 60.2. The van der Waals surface area contributed by atoms with E-state index in [0.29, 0.717) is 5.95 Å². The van der Waals surface area contributed by atoms with Crippen molar-refractivity contribution in [1.29, 1.82) is 0 Å². The largest absolute Gasteiger partial charge is 0.309 e. The van der Waals surface area contributed by atoms with E-state index in [-0.39, 0.29) is 0 Å². The second-order valence-corrected chi connectivity index (χ2v) is 13.2. The van der Waals surface area contributed by atoms with Gasteiger partial charge in [-0.05, 0) is 70.4 Å². The third-order valence-electron chi connectivity index (χ3n) is 10.4. The van der Waals surface area contributed by atoms with Gasteiger partial charge in [0.15, 0.2) is 0 Å². The number of nitrogens with zero attached hydrogens (tertiary/aromatic N) is 5. The van der Waals surface area contributed by atoms with Gasteiger partial charge in [0.25, 0.3) is 0 Å². The molecule has 4 aromatic heterocycles. The molecule has 52 heavy (non-hydrogen) atoms. The molecule has 0 fully saturated rings. The van der Waals surface area contributed by atoms with Crippen LogP contribution in [0, 0.1) is 0 Å². The van der Waals surface area contributed by atoms with Crippen LogP contribution in [0.15, 0.2) is 176 Å². The van der Waals surface area contributed by atoms with Crippen molar-refractivity contribution in [2.24, 2.45) is 0 Å². The van der Waals surface area contributed by atoms with Gasteiger partial charge in [0.2, 0.25) is 5.95 Å². The van der Waals surface area contributed by atoms with Crippen molar-refractivity contribution >= 4 is 65.4 Å². The lowest BCUT2D eigenvalue weighted by Crippen LogP contribution is -2.04. The number of fused-ring (bicyclic) bond motifs is 9. The highest BCUT2D eigenvalue weighted by atomic mass is 15.2. The molecule has 0 radical (unpaired) electrons. The van der Waals surface area contributed by atoms with Gasteiger partial charge in [-0.1, -0.05) is 121 Å². The fourth-order valence-electron chi connectivity index (χ4n) is 8.13. The summed E-state index contributed by atoms with van der Waals surface area (Å²) in [5.74, 6) is 0.618. The van der Waals surface area contributed by atoms with E-state index >= 15 is 0 Å². The molecule has 0 saturated carbocycles. The van der Waals surface area contributed by atoms with Crippen LogP contribution in [0.5, 0.6) is 0 Å². The van der Waals surface area contributed by atoms with Crippen LogP contribution in [-0.2, 0) is 0 Å². The predicted molar refractivity (Wildman–Crippen MR) is 214 cm³/mol. The van der Waals surface area contributed by atoms with Crippen molar-refractivity contribution in [2.45, 2.75) is 0 Å². The van der Waals surface area contributed by atoms with Crippen LogP contribution in [0.3, 0.4) is 0 Å². The van der Waals surface area contributed by atoms with E-state index in [9.17, 15) is 0 Å². The molecule has 0 aliphatic rings. The zero-order valence-electron chi connectivity index (χ0n) is 28.0. The van der Waals surface area contributed by atoms with Crippen molar-refractivity contribution < 1.29 is 0 Å². The molecular formula is C47H29N5. The Morgan fingerprint density at radius 1 is 0.404 bits per heavy atom. The quantitative estimate of drug-likeness (QED) is 0.188. The van der Waals surface area contributed by atoms with Crippen LogP contribution in [0.1, 0.15) is 0 Å². The fraction of sp³-hybridized carbons (Fsp3) is 0. The van der Waals surface area contributed by atoms with Crippen LogP contribution in [0.25, 0.3) is 99.4 Å². The smallest absolute Gasteiger partial charge is 0.235 e. The van der Waals surface area contributed by atoms with Crippen LogP contribution in [-0.4, -0.2) is 24.1 Å². The van der Waals surface area contributed by atoms with E-state index in [1.165, 1.54) is 38.1 Å². The summed E-state index contributed by atoms with van der Waals surface area (Å²) in [5.41, 5.74) is 11.3. The van der Waals surface area contributed by atoms with Crippen molar-refractivity contribution in [3.63, 3.8) is 0 Å². The molecule has 5 heteroatoms. The van der Waals surface area contributed by atoms with Crippen LogP contribution in [0.2, 0.25) is 0 Å². The number of hydrogen-bond acceptors (Lipinski definition) is 3. The van der Waals surface area contributed by atoms with Gasteiger partial charge in [-0.25, -0.2) is 9.97 Å². The Hall–Kier alpha value is -7.11. The molecule has 7 aromatic carbocycles. The minimum Gasteiger partial charge on any atom is -0.309 e. The maximum atomic E-state index is 5.26. The highest BCUT2D eigenvalue weighted by molar-refractivity contribution is 6.24. The Labute approximate surface area is 298 Å². The SMILES string of the molecule is c1ccc(-c2nc(-n3c4ccccc4c4ccc(-c5cc6c(c7ccccc57)c5ccccc5n6-c5ccccc5)cc43)nc3cccnc23)cc1. The van der Waals surface area contributed by atoms with Gasteiger partial charge in [-0.3, -0.25) is 9.55 Å². The summed E-state index contributed by atoms with van der Waals surface area (Å²) in [4.78, 5) is 15.1. The van der Waals surface area contributed by atoms with Crippen molar-refractivity contribution in [3.05, 3.63) is 176 Å². The summed E-state index contributed by atoms with van der Waals surface area (Å²) in [7, 11) is 0. The standard InChI is InChI=1S/C47H29N5/c1-3-14-30(15-4-1)45-46-39(22-13-27-48-46)49-47(50-45)52-40-23-11-9-19-34(40)35-26-25-31(28-42(35)52)38-29-43-44(36-20-8-7-18-33(36)38)37-21-10-12-24-41(37)51(43)32-16-5-2-6-17-32/h1-29H. The lowest BCUT2D eigenvalue weighted by molar-refractivity contribution is 1.01. The lowest BCUT2D eigenvalue weighted by Gasteiger charge is -2.13. The van der Waals surface area contributed by atoms with E-state index in [1.807, 2.05) is 36.5 Å². The molecule has 0 N–H and O–H groups in total. The molecule has 0 aliphatic carbocycles. The monoisotopic (exact) mass is 663 g/mol. The Morgan fingerprint density at radius 3 is 1.87 bits per heavy atom. The van der Waals surface area contributed by atoms with Crippen molar-refractivity contribution in [3.8, 4) is 34.0 Å². The molecule has 0 bridgehead atoms. The summed E-state index contributed by atoms with van der Waals surface area (Å²) >= 11 is 0. The van der Waals surface area contributed by atoms with E-state index in [1.54, 1.807) is 0 Å². The van der Waals surface area contributed by atoms with Gasteiger partial charge in [-0.15, -0.1) is 0 Å². The number of hydrogen-bond donors (Lipinski definition) is 0. The highest BCUT2D eigenvalue weighted by Crippen LogP contribution is 2.43. The van der Waals surface area contributed by atoms with Crippen molar-refractivity contribution in [2.75, 3.05) is 0 Å². The topological polar surface area (TPSA) is 48.5 Å². The van der Waals surface area contributed by atoms with E-state index in [4.69, 9.17) is 15.0 Å². The second-order valence-electron chi connectivity index (χ2n) is 13.2. The number of benzene rings is 7. The third kappa shape index (κ3) is 4.20. The highest BCUT2D eigenvalue weighted by Gasteiger charge is 2.21. The normalized spacial score (nSPS) is 11.8. The number of aromatic nitrogens is 5. The number of pyridine rings is 1. The first-order valence-corrected chi connectivity index (χ1v) is 17.5. The fourth-order valence-corrected chi connectivity index (χ4v) is 8.13. The summed E-state index contributed by atoms with van der Waals surface area (Å²) in [5, 5.41) is 7.27. The number of rotatable bonds is 4. The Balaban J connectivity index is 1.23. The maximum Gasteiger partial charge on any atom is 0.235 e. The summed E-state index contributed by atoms with van der Waals surface area (Å²) < 4.78 is 4.62. The zero-order valence-corrected chi connectivity index (χ0v) is 28.0. The summed E-state index contributed by atoms with van der Waals surface area (Å²) in [6.07, 6.45) is 1.81. The predicted octanol–water partition coefficient (Wildman–Crippen LogP) is 11.7. The Bertz CT molecular complexity index is 3180.